The average molecular weight is 399 g/mol. The smallest absolute Gasteiger partial charge is 0.141 e. The van der Waals surface area contributed by atoms with E-state index in [9.17, 15) is 5.26 Å². The normalized spacial score (nSPS) is 25.2. The molecule has 0 spiro atoms. The van der Waals surface area contributed by atoms with E-state index < -0.39 is 0 Å². The third kappa shape index (κ3) is 2.19. The first kappa shape index (κ1) is 17.2. The predicted octanol–water partition coefficient (Wildman–Crippen LogP) is 3.56. The van der Waals surface area contributed by atoms with Crippen LogP contribution in [0, 0.1) is 11.3 Å². The summed E-state index contributed by atoms with van der Waals surface area (Å²) in [5.74, 6) is 1.87. The summed E-state index contributed by atoms with van der Waals surface area (Å²) in [6.45, 7) is 4.80. The number of hydrogen-bond donors (Lipinski definition) is 1. The van der Waals surface area contributed by atoms with Gasteiger partial charge in [0.2, 0.25) is 0 Å². The first-order valence-corrected chi connectivity index (χ1v) is 11.9. The fourth-order valence-corrected chi connectivity index (χ4v) is 6.96. The summed E-state index contributed by atoms with van der Waals surface area (Å²) in [6, 6.07) is 7.36. The van der Waals surface area contributed by atoms with Gasteiger partial charge in [0, 0.05) is 53.9 Å². The molecule has 2 unspecified atom stereocenters. The number of nitrogens with zero attached hydrogens (tertiary/aromatic N) is 2. The monoisotopic (exact) mass is 398 g/mol. The molecule has 0 saturated heterocycles. The molecular formula is C26H28N3O+. The van der Waals surface area contributed by atoms with Crippen LogP contribution in [0.4, 0.5) is 11.4 Å². The number of quaternary nitrogens is 1. The maximum Gasteiger partial charge on any atom is 0.141 e. The Morgan fingerprint density at radius 3 is 2.37 bits per heavy atom. The second-order valence-electron chi connectivity index (χ2n) is 9.76. The standard InChI is InChI=1S/C26H27N3O/c27-15-22-20-13-16-5-1-9-28-11-3-7-18(23(16)28)25(20)30-26-19-8-4-12-29-10-2-6-17(24(19)29)14-21(22)26/h13-14,22H,1-12H2/p+1. The lowest BCUT2D eigenvalue weighted by Crippen LogP contribution is -3.09. The molecule has 7 rings (SSSR count). The molecule has 0 saturated carbocycles. The largest absolute Gasteiger partial charge is 0.456 e. The van der Waals surface area contributed by atoms with Crippen LogP contribution in [-0.2, 0) is 25.7 Å². The Morgan fingerprint density at radius 2 is 1.53 bits per heavy atom. The van der Waals surface area contributed by atoms with Gasteiger partial charge in [-0.25, -0.2) is 0 Å². The summed E-state index contributed by atoms with van der Waals surface area (Å²) in [5.41, 5.74) is 10.9. The topological polar surface area (TPSA) is 40.7 Å². The molecule has 5 heterocycles. The molecule has 0 radical (unpaired) electrons. The average Bonchev–Trinajstić information content (AvgIpc) is 2.79. The van der Waals surface area contributed by atoms with Gasteiger partial charge in [0.15, 0.2) is 0 Å². The number of fused-ring (bicyclic) bond motifs is 4. The van der Waals surface area contributed by atoms with E-state index in [-0.39, 0.29) is 5.92 Å². The minimum absolute atomic E-state index is 0.198. The molecule has 2 atom stereocenters. The highest BCUT2D eigenvalue weighted by atomic mass is 16.5. The number of hydrogen-bond acceptors (Lipinski definition) is 3. The fourth-order valence-electron chi connectivity index (χ4n) is 6.96. The van der Waals surface area contributed by atoms with Crippen LogP contribution >= 0.6 is 0 Å². The molecular weight excluding hydrogens is 370 g/mol. The van der Waals surface area contributed by atoms with Crippen LogP contribution in [-0.4, -0.2) is 26.2 Å². The second-order valence-corrected chi connectivity index (χ2v) is 9.76. The molecule has 0 bridgehead atoms. The van der Waals surface area contributed by atoms with Crippen molar-refractivity contribution in [3.8, 4) is 17.6 Å². The van der Waals surface area contributed by atoms with Crippen molar-refractivity contribution in [1.82, 2.24) is 0 Å². The van der Waals surface area contributed by atoms with Crippen molar-refractivity contribution in [3.63, 3.8) is 0 Å². The van der Waals surface area contributed by atoms with Crippen LogP contribution in [0.2, 0.25) is 0 Å². The number of ether oxygens (including phenoxy) is 1. The third-order valence-corrected chi connectivity index (χ3v) is 8.13. The molecule has 4 heteroatoms. The van der Waals surface area contributed by atoms with E-state index >= 15 is 0 Å². The van der Waals surface area contributed by atoms with Gasteiger partial charge in [-0.15, -0.1) is 0 Å². The van der Waals surface area contributed by atoms with Crippen molar-refractivity contribution in [2.45, 2.75) is 57.3 Å². The summed E-state index contributed by atoms with van der Waals surface area (Å²) >= 11 is 0. The molecule has 152 valence electrons. The lowest BCUT2D eigenvalue weighted by molar-refractivity contribution is -0.838. The van der Waals surface area contributed by atoms with Crippen molar-refractivity contribution in [1.29, 1.82) is 5.26 Å². The minimum atomic E-state index is -0.198. The molecule has 5 aliphatic heterocycles. The number of nitrogens with one attached hydrogen (secondary N) is 1. The van der Waals surface area contributed by atoms with Gasteiger partial charge in [-0.3, -0.25) is 0 Å². The Bertz CT molecular complexity index is 1040. The van der Waals surface area contributed by atoms with E-state index in [2.05, 4.69) is 23.1 Å². The Morgan fingerprint density at radius 1 is 0.867 bits per heavy atom. The van der Waals surface area contributed by atoms with Crippen molar-refractivity contribution in [2.75, 3.05) is 31.1 Å². The van der Waals surface area contributed by atoms with Gasteiger partial charge < -0.3 is 14.5 Å². The van der Waals surface area contributed by atoms with Gasteiger partial charge in [-0.05, 0) is 56.2 Å². The number of aryl methyl sites for hydroxylation is 2. The molecule has 0 amide bonds. The molecule has 5 aliphatic rings. The molecule has 0 fully saturated rings. The van der Waals surface area contributed by atoms with Crippen molar-refractivity contribution < 1.29 is 9.64 Å². The summed E-state index contributed by atoms with van der Waals surface area (Å²) in [5, 5.41) is 10.3. The summed E-state index contributed by atoms with van der Waals surface area (Å²) < 4.78 is 6.86. The maximum atomic E-state index is 10.3. The highest BCUT2D eigenvalue weighted by molar-refractivity contribution is 5.75. The van der Waals surface area contributed by atoms with E-state index in [1.165, 1.54) is 72.4 Å². The minimum Gasteiger partial charge on any atom is -0.456 e. The zero-order valence-electron chi connectivity index (χ0n) is 17.5. The first-order valence-electron chi connectivity index (χ1n) is 11.9. The van der Waals surface area contributed by atoms with Crippen molar-refractivity contribution >= 4 is 11.4 Å². The van der Waals surface area contributed by atoms with Gasteiger partial charge >= 0.3 is 0 Å². The van der Waals surface area contributed by atoms with E-state index in [0.717, 1.165) is 61.4 Å². The van der Waals surface area contributed by atoms with Crippen molar-refractivity contribution in [2.24, 2.45) is 0 Å². The summed E-state index contributed by atoms with van der Waals surface area (Å²) in [4.78, 5) is 4.21. The van der Waals surface area contributed by atoms with Gasteiger partial charge in [0.05, 0.1) is 24.7 Å². The molecule has 4 nitrogen and oxygen atoms in total. The first-order chi connectivity index (χ1) is 14.8. The van der Waals surface area contributed by atoms with Gasteiger partial charge in [-0.2, -0.15) is 5.26 Å². The third-order valence-electron chi connectivity index (χ3n) is 8.13. The highest BCUT2D eigenvalue weighted by Crippen LogP contribution is 2.54. The van der Waals surface area contributed by atoms with E-state index in [1.54, 1.807) is 4.90 Å². The lowest BCUT2D eigenvalue weighted by atomic mass is 9.79. The van der Waals surface area contributed by atoms with Crippen LogP contribution in [0.1, 0.15) is 65.0 Å². The summed E-state index contributed by atoms with van der Waals surface area (Å²) in [6.07, 6.45) is 9.32. The second kappa shape index (κ2) is 6.25. The Balaban J connectivity index is 1.48. The Labute approximate surface area is 178 Å². The van der Waals surface area contributed by atoms with Crippen LogP contribution in [0.25, 0.3) is 0 Å². The predicted molar refractivity (Wildman–Crippen MR) is 116 cm³/mol. The zero-order chi connectivity index (χ0) is 19.8. The van der Waals surface area contributed by atoms with Crippen LogP contribution < -0.4 is 14.5 Å². The maximum absolute atomic E-state index is 10.3. The number of nitriles is 1. The fraction of sp³-hybridized carbons (Fsp3) is 0.500. The number of anilines is 1. The number of benzene rings is 2. The quantitative estimate of drug-likeness (QED) is 0.738. The molecule has 0 aromatic heterocycles. The van der Waals surface area contributed by atoms with Crippen LogP contribution in [0.5, 0.6) is 11.5 Å². The molecule has 2 aromatic rings. The zero-order valence-corrected chi connectivity index (χ0v) is 17.5. The molecule has 1 N–H and O–H groups in total. The van der Waals surface area contributed by atoms with Crippen LogP contribution in [0.3, 0.4) is 0 Å². The van der Waals surface area contributed by atoms with Gasteiger partial charge in [-0.1, -0.05) is 0 Å². The highest BCUT2D eigenvalue weighted by Gasteiger charge is 2.40. The SMILES string of the molecule is N#CC1c2cc3c4c(c2Oc2c1cc1c5c2CCC[NH+]5CCC1)CCCN4CCC3. The van der Waals surface area contributed by atoms with E-state index in [4.69, 9.17) is 4.74 Å². The number of rotatable bonds is 0. The Kier molecular flexibility index (Phi) is 3.58. The van der Waals surface area contributed by atoms with E-state index in [0.29, 0.717) is 0 Å². The van der Waals surface area contributed by atoms with E-state index in [1.807, 2.05) is 0 Å². The Hall–Kier alpha value is -2.51. The van der Waals surface area contributed by atoms with Crippen molar-refractivity contribution in [3.05, 3.63) is 45.5 Å². The molecule has 0 aliphatic carbocycles. The van der Waals surface area contributed by atoms with Crippen LogP contribution in [0.15, 0.2) is 12.1 Å². The van der Waals surface area contributed by atoms with Gasteiger partial charge in [0.25, 0.3) is 0 Å². The summed E-state index contributed by atoms with van der Waals surface area (Å²) in [7, 11) is 0. The van der Waals surface area contributed by atoms with Gasteiger partial charge in [0.1, 0.15) is 23.1 Å². The molecule has 30 heavy (non-hydrogen) atoms. The lowest BCUT2D eigenvalue weighted by Gasteiger charge is -2.40. The molecule has 2 aromatic carbocycles.